The van der Waals surface area contributed by atoms with Crippen molar-refractivity contribution in [2.45, 2.75) is 37.4 Å². The van der Waals surface area contributed by atoms with Crippen molar-refractivity contribution in [1.82, 2.24) is 0 Å². The highest BCUT2D eigenvalue weighted by Gasteiger charge is 2.31. The summed E-state index contributed by atoms with van der Waals surface area (Å²) in [5.41, 5.74) is 1.74. The average molecular weight is 291 g/mol. The number of hydrogen-bond acceptors (Lipinski definition) is 1. The van der Waals surface area contributed by atoms with Gasteiger partial charge in [0.1, 0.15) is 5.75 Å². The number of hydrogen-bond donors (Lipinski definition) is 0. The van der Waals surface area contributed by atoms with Gasteiger partial charge in [-0.15, -0.1) is 24.8 Å². The molecular weight excluding hydrogens is 277 g/mol. The number of allylic oxidation sites excluding steroid dienone is 2. The molecule has 0 radical (unpaired) electrons. The van der Waals surface area contributed by atoms with Crippen molar-refractivity contribution in [1.29, 1.82) is 0 Å². The minimum absolute atomic E-state index is 0.0512. The van der Waals surface area contributed by atoms with E-state index in [-0.39, 0.29) is 11.1 Å². The van der Waals surface area contributed by atoms with Crippen molar-refractivity contribution < 1.29 is 17.9 Å². The predicted molar refractivity (Wildman–Crippen MR) is 69.2 cm³/mol. The van der Waals surface area contributed by atoms with Gasteiger partial charge in [-0.3, -0.25) is 0 Å². The zero-order valence-electron chi connectivity index (χ0n) is 10.2. The molecule has 0 bridgehead atoms. The van der Waals surface area contributed by atoms with Crippen LogP contribution in [0.15, 0.2) is 30.3 Å². The number of halogens is 4. The van der Waals surface area contributed by atoms with Crippen LogP contribution in [0.2, 0.25) is 0 Å². The lowest BCUT2D eigenvalue weighted by atomic mass is 10.0. The van der Waals surface area contributed by atoms with Gasteiger partial charge in [-0.25, -0.2) is 0 Å². The van der Waals surface area contributed by atoms with Crippen LogP contribution in [0, 0.1) is 0 Å². The molecule has 19 heavy (non-hydrogen) atoms. The summed E-state index contributed by atoms with van der Waals surface area (Å²) in [6.07, 6.45) is 1.04. The van der Waals surface area contributed by atoms with Crippen LogP contribution in [0.3, 0.4) is 0 Å². The molecule has 1 aliphatic carbocycles. The van der Waals surface area contributed by atoms with Gasteiger partial charge in [0, 0.05) is 0 Å². The van der Waals surface area contributed by atoms with Crippen molar-refractivity contribution in [2.24, 2.45) is 0 Å². The fraction of sp³-hybridized carbons (Fsp3) is 0.429. The van der Waals surface area contributed by atoms with Gasteiger partial charge >= 0.3 is 6.36 Å². The van der Waals surface area contributed by atoms with Gasteiger partial charge in [0.05, 0.1) is 5.38 Å². The molecule has 1 atom stereocenters. The molecule has 0 N–H and O–H groups in total. The highest BCUT2D eigenvalue weighted by Crippen LogP contribution is 2.31. The maximum atomic E-state index is 12.2. The Morgan fingerprint density at radius 1 is 1.21 bits per heavy atom. The van der Waals surface area contributed by atoms with E-state index in [1.807, 2.05) is 6.08 Å². The largest absolute Gasteiger partial charge is 0.573 e. The van der Waals surface area contributed by atoms with Crippen molar-refractivity contribution in [3.05, 3.63) is 35.9 Å². The third-order valence-corrected chi connectivity index (χ3v) is 3.34. The quantitative estimate of drug-likeness (QED) is 0.684. The summed E-state index contributed by atoms with van der Waals surface area (Å²) in [5, 5.41) is -0.0512. The Hall–Kier alpha value is -1.16. The van der Waals surface area contributed by atoms with Crippen LogP contribution in [0.4, 0.5) is 13.2 Å². The van der Waals surface area contributed by atoms with Gasteiger partial charge in [-0.05, 0) is 42.5 Å². The molecule has 0 fully saturated rings. The van der Waals surface area contributed by atoms with Crippen molar-refractivity contribution in [3.63, 3.8) is 0 Å². The van der Waals surface area contributed by atoms with Crippen molar-refractivity contribution >= 4 is 17.2 Å². The molecular formula is C14H14ClF3O. The maximum Gasteiger partial charge on any atom is 0.573 e. The number of rotatable bonds is 2. The fourth-order valence-electron chi connectivity index (χ4n) is 2.17. The molecule has 1 aliphatic rings. The van der Waals surface area contributed by atoms with Crippen LogP contribution in [-0.2, 0) is 0 Å². The standard InChI is InChI=1S/C14H14ClF3O/c15-12-6-2-1-4-10(8-12)11-5-3-7-13(9-11)19-14(16,17)18/h3,5,7-9,12H,1-2,4,6H2. The molecule has 5 heteroatoms. The minimum atomic E-state index is -4.66. The highest BCUT2D eigenvalue weighted by atomic mass is 35.5. The van der Waals surface area contributed by atoms with E-state index in [1.165, 1.54) is 12.1 Å². The Bertz CT molecular complexity index is 468. The van der Waals surface area contributed by atoms with Gasteiger partial charge in [-0.2, -0.15) is 0 Å². The molecule has 0 saturated carbocycles. The van der Waals surface area contributed by atoms with Crippen molar-refractivity contribution in [3.8, 4) is 5.75 Å². The second kappa shape index (κ2) is 5.87. The summed E-state index contributed by atoms with van der Waals surface area (Å²) in [5.74, 6) is -0.193. The maximum absolute atomic E-state index is 12.2. The molecule has 0 aromatic heterocycles. The van der Waals surface area contributed by atoms with E-state index in [1.54, 1.807) is 12.1 Å². The van der Waals surface area contributed by atoms with Gasteiger partial charge < -0.3 is 4.74 Å². The number of alkyl halides is 4. The van der Waals surface area contributed by atoms with E-state index in [0.29, 0.717) is 0 Å². The Kier molecular flexibility index (Phi) is 4.40. The Morgan fingerprint density at radius 2 is 2.00 bits per heavy atom. The Labute approximate surface area is 115 Å². The molecule has 2 rings (SSSR count). The topological polar surface area (TPSA) is 9.23 Å². The van der Waals surface area contributed by atoms with Crippen LogP contribution in [0.1, 0.15) is 31.2 Å². The molecule has 0 amide bonds. The van der Waals surface area contributed by atoms with Gasteiger partial charge in [-0.1, -0.05) is 24.6 Å². The first-order valence-electron chi connectivity index (χ1n) is 6.15. The first-order chi connectivity index (χ1) is 8.94. The summed E-state index contributed by atoms with van der Waals surface area (Å²) < 4.78 is 40.5. The molecule has 1 unspecified atom stereocenters. The fourth-order valence-corrected chi connectivity index (χ4v) is 2.48. The molecule has 0 saturated heterocycles. The third kappa shape index (κ3) is 4.46. The van der Waals surface area contributed by atoms with E-state index in [0.717, 1.165) is 36.8 Å². The second-order valence-electron chi connectivity index (χ2n) is 4.53. The van der Waals surface area contributed by atoms with Gasteiger partial charge in [0.15, 0.2) is 0 Å². The van der Waals surface area contributed by atoms with Crippen LogP contribution in [-0.4, -0.2) is 11.7 Å². The monoisotopic (exact) mass is 290 g/mol. The van der Waals surface area contributed by atoms with E-state index < -0.39 is 6.36 Å². The smallest absolute Gasteiger partial charge is 0.406 e. The van der Waals surface area contributed by atoms with E-state index in [2.05, 4.69) is 4.74 Å². The molecule has 1 nitrogen and oxygen atoms in total. The average Bonchev–Trinajstić information content (AvgIpc) is 2.52. The zero-order chi connectivity index (χ0) is 13.9. The highest BCUT2D eigenvalue weighted by molar-refractivity contribution is 6.22. The summed E-state index contributed by atoms with van der Waals surface area (Å²) in [4.78, 5) is 0. The van der Waals surface area contributed by atoms with E-state index >= 15 is 0 Å². The van der Waals surface area contributed by atoms with Crippen LogP contribution in [0.5, 0.6) is 5.75 Å². The minimum Gasteiger partial charge on any atom is -0.406 e. The molecule has 1 aromatic rings. The van der Waals surface area contributed by atoms with Gasteiger partial charge in [0.25, 0.3) is 0 Å². The molecule has 104 valence electrons. The molecule has 1 aromatic carbocycles. The lowest BCUT2D eigenvalue weighted by Crippen LogP contribution is -2.17. The molecule has 0 spiro atoms. The van der Waals surface area contributed by atoms with E-state index in [9.17, 15) is 13.2 Å². The summed E-state index contributed by atoms with van der Waals surface area (Å²) >= 11 is 6.12. The van der Waals surface area contributed by atoms with E-state index in [4.69, 9.17) is 11.6 Å². The van der Waals surface area contributed by atoms with Crippen LogP contribution < -0.4 is 4.74 Å². The first-order valence-corrected chi connectivity index (χ1v) is 6.59. The molecule has 0 aliphatic heterocycles. The van der Waals surface area contributed by atoms with Crippen LogP contribution >= 0.6 is 11.6 Å². The zero-order valence-corrected chi connectivity index (χ0v) is 11.0. The second-order valence-corrected chi connectivity index (χ2v) is 5.09. The third-order valence-electron chi connectivity index (χ3n) is 3.00. The predicted octanol–water partition coefficient (Wildman–Crippen LogP) is 5.15. The van der Waals surface area contributed by atoms with Gasteiger partial charge in [0.2, 0.25) is 0 Å². The summed E-state index contributed by atoms with van der Waals surface area (Å²) in [7, 11) is 0. The lowest BCUT2D eigenvalue weighted by Gasteiger charge is -2.11. The number of benzene rings is 1. The lowest BCUT2D eigenvalue weighted by molar-refractivity contribution is -0.274. The number of ether oxygens (including phenoxy) is 1. The summed E-state index contributed by atoms with van der Waals surface area (Å²) in [6, 6.07) is 6.05. The van der Waals surface area contributed by atoms with Crippen molar-refractivity contribution in [2.75, 3.05) is 0 Å². The Balaban J connectivity index is 2.22. The normalized spacial score (nSPS) is 20.6. The summed E-state index contributed by atoms with van der Waals surface area (Å²) in [6.45, 7) is 0. The SMILES string of the molecule is FC(F)(F)Oc1cccc(C2=CC(Cl)CCCC2)c1. The Morgan fingerprint density at radius 3 is 2.74 bits per heavy atom. The molecule has 0 heterocycles. The van der Waals surface area contributed by atoms with Crippen LogP contribution in [0.25, 0.3) is 5.57 Å². The first kappa shape index (κ1) is 14.3.